The van der Waals surface area contributed by atoms with Crippen LogP contribution in [0.1, 0.15) is 0 Å². The zero-order valence-electron chi connectivity index (χ0n) is 14.7. The molecule has 28 heavy (non-hydrogen) atoms. The number of urea groups is 1. The Kier molecular flexibility index (Phi) is 5.35. The summed E-state index contributed by atoms with van der Waals surface area (Å²) in [5.74, 6) is -0.261. The van der Waals surface area contributed by atoms with E-state index in [0.717, 1.165) is 5.39 Å². The van der Waals surface area contributed by atoms with Gasteiger partial charge in [-0.25, -0.2) is 9.52 Å². The third-order valence-corrected chi connectivity index (χ3v) is 4.23. The van der Waals surface area contributed by atoms with Crippen LogP contribution >= 0.6 is 0 Å². The summed E-state index contributed by atoms with van der Waals surface area (Å²) in [6.45, 7) is 0. The summed E-state index contributed by atoms with van der Waals surface area (Å²) in [4.78, 5) is 27.5. The molecule has 0 aliphatic heterocycles. The third-order valence-electron chi connectivity index (χ3n) is 3.29. The van der Waals surface area contributed by atoms with E-state index in [1.54, 1.807) is 29.0 Å². The van der Waals surface area contributed by atoms with Gasteiger partial charge in [-0.05, 0) is 12.1 Å². The van der Waals surface area contributed by atoms with Gasteiger partial charge in [0.1, 0.15) is 0 Å². The van der Waals surface area contributed by atoms with Crippen molar-refractivity contribution in [3.05, 3.63) is 36.5 Å². The van der Waals surface area contributed by atoms with Crippen molar-refractivity contribution in [2.45, 2.75) is 0 Å². The lowest BCUT2D eigenvalue weighted by Gasteiger charge is -2.11. The Morgan fingerprint density at radius 1 is 1.00 bits per heavy atom. The largest absolute Gasteiger partial charge is 0.467 e. The first-order valence-electron chi connectivity index (χ1n) is 7.69. The highest BCUT2D eigenvalue weighted by Gasteiger charge is 2.18. The number of benzene rings is 1. The SMILES string of the molecule is COc1nc(NC(=O)NS(=O)(=O)Nc2cccc3cccnc23)nc(OC)n1. The number of nitrogens with zero attached hydrogens (tertiary/aromatic N) is 4. The van der Waals surface area contributed by atoms with Crippen molar-refractivity contribution < 1.29 is 22.7 Å². The second kappa shape index (κ2) is 7.87. The fourth-order valence-electron chi connectivity index (χ4n) is 2.18. The quantitative estimate of drug-likeness (QED) is 0.542. The van der Waals surface area contributed by atoms with Crippen LogP contribution in [0.15, 0.2) is 36.5 Å². The zero-order valence-corrected chi connectivity index (χ0v) is 15.5. The molecule has 0 saturated heterocycles. The Labute approximate surface area is 159 Å². The highest BCUT2D eigenvalue weighted by molar-refractivity contribution is 7.91. The predicted octanol–water partition coefficient (Wildman–Crippen LogP) is 0.915. The van der Waals surface area contributed by atoms with Crippen molar-refractivity contribution in [3.8, 4) is 12.0 Å². The van der Waals surface area contributed by atoms with Crippen molar-refractivity contribution in [1.29, 1.82) is 0 Å². The van der Waals surface area contributed by atoms with Crippen LogP contribution in [-0.4, -0.2) is 48.6 Å². The van der Waals surface area contributed by atoms with E-state index < -0.39 is 16.2 Å². The molecule has 0 spiro atoms. The lowest BCUT2D eigenvalue weighted by Crippen LogP contribution is -2.38. The highest BCUT2D eigenvalue weighted by Crippen LogP contribution is 2.21. The number of methoxy groups -OCH3 is 2. The summed E-state index contributed by atoms with van der Waals surface area (Å²) in [6.07, 6.45) is 1.53. The summed E-state index contributed by atoms with van der Waals surface area (Å²) in [7, 11) is -1.64. The molecule has 0 fully saturated rings. The summed E-state index contributed by atoms with van der Waals surface area (Å²) in [5, 5.41) is 2.90. The number of fused-ring (bicyclic) bond motifs is 1. The van der Waals surface area contributed by atoms with Gasteiger partial charge in [-0.15, -0.1) is 4.98 Å². The molecule has 0 unspecified atom stereocenters. The third kappa shape index (κ3) is 4.50. The number of para-hydroxylation sites is 1. The Balaban J connectivity index is 1.74. The number of amides is 2. The maximum Gasteiger partial charge on any atom is 0.336 e. The van der Waals surface area contributed by atoms with E-state index in [-0.39, 0.29) is 23.7 Å². The first-order valence-corrected chi connectivity index (χ1v) is 9.18. The van der Waals surface area contributed by atoms with E-state index in [1.165, 1.54) is 26.5 Å². The Morgan fingerprint density at radius 2 is 1.68 bits per heavy atom. The second-order valence-corrected chi connectivity index (χ2v) is 6.59. The Bertz CT molecular complexity index is 1100. The van der Waals surface area contributed by atoms with Gasteiger partial charge in [0.25, 0.3) is 0 Å². The highest BCUT2D eigenvalue weighted by atomic mass is 32.2. The topological polar surface area (TPSA) is 157 Å². The van der Waals surface area contributed by atoms with Gasteiger partial charge in [0.2, 0.25) is 5.95 Å². The van der Waals surface area contributed by atoms with Crippen molar-refractivity contribution in [2.24, 2.45) is 0 Å². The van der Waals surface area contributed by atoms with Crippen LogP contribution in [-0.2, 0) is 10.2 Å². The van der Waals surface area contributed by atoms with Gasteiger partial charge < -0.3 is 9.47 Å². The molecule has 3 rings (SSSR count). The standard InChI is InChI=1S/C15H15N7O5S/c1-26-14-18-12(19-15(20-14)27-2)17-13(23)22-28(24,25)21-10-7-3-5-9-6-4-8-16-11(9)10/h3-8,21H,1-2H3,(H2,17,18,19,20,22,23). The van der Waals surface area contributed by atoms with Crippen LogP contribution in [0, 0.1) is 0 Å². The monoisotopic (exact) mass is 405 g/mol. The molecule has 2 amide bonds. The zero-order chi connectivity index (χ0) is 20.1. The molecule has 0 aliphatic carbocycles. The number of ether oxygens (including phenoxy) is 2. The maximum absolute atomic E-state index is 12.3. The maximum atomic E-state index is 12.3. The lowest BCUT2D eigenvalue weighted by atomic mass is 10.2. The van der Waals surface area contributed by atoms with E-state index in [9.17, 15) is 13.2 Å². The van der Waals surface area contributed by atoms with Crippen molar-refractivity contribution in [2.75, 3.05) is 24.3 Å². The van der Waals surface area contributed by atoms with Gasteiger partial charge in [0.05, 0.1) is 25.4 Å². The molecule has 0 saturated carbocycles. The molecule has 13 heteroatoms. The average Bonchev–Trinajstić information content (AvgIpc) is 2.67. The predicted molar refractivity (Wildman–Crippen MR) is 99.4 cm³/mol. The van der Waals surface area contributed by atoms with Crippen LogP contribution in [0.4, 0.5) is 16.4 Å². The minimum atomic E-state index is -4.26. The minimum Gasteiger partial charge on any atom is -0.467 e. The molecule has 146 valence electrons. The van der Waals surface area contributed by atoms with E-state index in [2.05, 4.69) is 30.0 Å². The molecule has 0 atom stereocenters. The van der Waals surface area contributed by atoms with E-state index in [0.29, 0.717) is 5.52 Å². The molecule has 1 aromatic carbocycles. The van der Waals surface area contributed by atoms with Crippen LogP contribution in [0.2, 0.25) is 0 Å². The number of aromatic nitrogens is 4. The molecular formula is C15H15N7O5S. The summed E-state index contributed by atoms with van der Waals surface area (Å²) >= 11 is 0. The summed E-state index contributed by atoms with van der Waals surface area (Å²) < 4.78 is 38.3. The minimum absolute atomic E-state index is 0.120. The van der Waals surface area contributed by atoms with Gasteiger partial charge in [0, 0.05) is 11.6 Å². The van der Waals surface area contributed by atoms with E-state index in [4.69, 9.17) is 9.47 Å². The second-order valence-electron chi connectivity index (χ2n) is 5.17. The van der Waals surface area contributed by atoms with Crippen molar-refractivity contribution >= 4 is 38.8 Å². The Morgan fingerprint density at radius 3 is 2.36 bits per heavy atom. The molecule has 0 aliphatic rings. The fourth-order valence-corrected chi connectivity index (χ4v) is 2.98. The van der Waals surface area contributed by atoms with Gasteiger partial charge in [-0.2, -0.15) is 18.4 Å². The normalized spacial score (nSPS) is 10.9. The number of carbonyl (C=O) groups excluding carboxylic acids is 1. The number of anilines is 2. The van der Waals surface area contributed by atoms with Gasteiger partial charge >= 0.3 is 28.3 Å². The van der Waals surface area contributed by atoms with Gasteiger partial charge in [0.15, 0.2) is 0 Å². The van der Waals surface area contributed by atoms with E-state index >= 15 is 0 Å². The van der Waals surface area contributed by atoms with Crippen molar-refractivity contribution in [3.63, 3.8) is 0 Å². The van der Waals surface area contributed by atoms with Crippen LogP contribution < -0.4 is 24.2 Å². The lowest BCUT2D eigenvalue weighted by molar-refractivity contribution is 0.256. The van der Waals surface area contributed by atoms with E-state index in [1.807, 2.05) is 0 Å². The first kappa shape index (κ1) is 19.0. The number of hydrogen-bond acceptors (Lipinski definition) is 9. The average molecular weight is 405 g/mol. The van der Waals surface area contributed by atoms with Crippen LogP contribution in [0.3, 0.4) is 0 Å². The van der Waals surface area contributed by atoms with Crippen LogP contribution in [0.5, 0.6) is 12.0 Å². The molecule has 0 radical (unpaired) electrons. The molecule has 3 aromatic rings. The smallest absolute Gasteiger partial charge is 0.336 e. The summed E-state index contributed by atoms with van der Waals surface area (Å²) in [5.41, 5.74) is 0.643. The molecule has 0 bridgehead atoms. The number of rotatable bonds is 6. The summed E-state index contributed by atoms with van der Waals surface area (Å²) in [6, 6.07) is 7.12. The Hall–Kier alpha value is -3.74. The molecule has 12 nitrogen and oxygen atoms in total. The van der Waals surface area contributed by atoms with Crippen molar-refractivity contribution in [1.82, 2.24) is 24.7 Å². The number of nitrogens with one attached hydrogen (secondary N) is 3. The number of hydrogen-bond donors (Lipinski definition) is 3. The van der Waals surface area contributed by atoms with Gasteiger partial charge in [-0.1, -0.05) is 18.2 Å². The molecule has 2 heterocycles. The fraction of sp³-hybridized carbons (Fsp3) is 0.133. The number of pyridine rings is 1. The molecular weight excluding hydrogens is 390 g/mol. The number of carbonyl (C=O) groups is 1. The first-order chi connectivity index (χ1) is 13.4. The van der Waals surface area contributed by atoms with Crippen LogP contribution in [0.25, 0.3) is 10.9 Å². The molecule has 3 N–H and O–H groups in total. The van der Waals surface area contributed by atoms with Gasteiger partial charge in [-0.3, -0.25) is 15.0 Å². The molecule has 2 aromatic heterocycles.